The van der Waals surface area contributed by atoms with E-state index in [1.807, 2.05) is 5.32 Å². The zero-order valence-corrected chi connectivity index (χ0v) is 9.88. The highest BCUT2D eigenvalue weighted by Gasteiger charge is 2.24. The molecule has 1 aromatic rings. The molecule has 0 heterocycles. The highest BCUT2D eigenvalue weighted by Crippen LogP contribution is 2.18. The lowest BCUT2D eigenvalue weighted by atomic mass is 10.2. The first-order valence-electron chi connectivity index (χ1n) is 5.24. The van der Waals surface area contributed by atoms with Crippen molar-refractivity contribution in [3.63, 3.8) is 0 Å². The van der Waals surface area contributed by atoms with Gasteiger partial charge in [0.2, 0.25) is 0 Å². The summed E-state index contributed by atoms with van der Waals surface area (Å²) in [4.78, 5) is 22.6. The summed E-state index contributed by atoms with van der Waals surface area (Å²) < 4.78 is 43.2. The summed E-state index contributed by atoms with van der Waals surface area (Å²) >= 11 is 0. The van der Waals surface area contributed by atoms with Crippen molar-refractivity contribution in [2.75, 3.05) is 11.9 Å². The molecule has 0 bridgehead atoms. The average Bonchev–Trinajstić information content (AvgIpc) is 2.35. The largest absolute Gasteiger partial charge is 0.464 e. The number of hydrogen-bond donors (Lipinski definition) is 2. The maximum atomic E-state index is 13.2. The third kappa shape index (κ3) is 3.68. The Bertz CT molecular complexity index is 508. The van der Waals surface area contributed by atoms with E-state index in [2.05, 4.69) is 4.74 Å². The van der Waals surface area contributed by atoms with Crippen LogP contribution in [0.1, 0.15) is 6.92 Å². The lowest BCUT2D eigenvalue weighted by molar-refractivity contribution is -0.146. The Morgan fingerprint density at radius 1 is 1.26 bits per heavy atom. The standard InChI is InChI=1S/C11H11F3N2O3/c1-2-19-11(18)9(15)10(17)16-8-4-6(13)5(12)3-7(8)14/h3-4,9H,2,15H2,1H3,(H,16,17). The van der Waals surface area contributed by atoms with Gasteiger partial charge in [0.1, 0.15) is 5.82 Å². The van der Waals surface area contributed by atoms with Crippen molar-refractivity contribution in [2.45, 2.75) is 13.0 Å². The van der Waals surface area contributed by atoms with Crippen molar-refractivity contribution in [3.05, 3.63) is 29.6 Å². The van der Waals surface area contributed by atoms with Crippen molar-refractivity contribution >= 4 is 17.6 Å². The lowest BCUT2D eigenvalue weighted by Crippen LogP contribution is -2.43. The Morgan fingerprint density at radius 2 is 1.84 bits per heavy atom. The second-order valence-corrected chi connectivity index (χ2v) is 3.47. The van der Waals surface area contributed by atoms with Crippen LogP contribution in [-0.4, -0.2) is 24.5 Å². The monoisotopic (exact) mass is 276 g/mol. The van der Waals surface area contributed by atoms with Crippen molar-refractivity contribution in [3.8, 4) is 0 Å². The first-order valence-corrected chi connectivity index (χ1v) is 5.24. The first-order chi connectivity index (χ1) is 8.86. The van der Waals surface area contributed by atoms with E-state index < -0.39 is 41.1 Å². The van der Waals surface area contributed by atoms with Gasteiger partial charge in [-0.1, -0.05) is 0 Å². The molecular formula is C11H11F3N2O3. The number of rotatable bonds is 4. The van der Waals surface area contributed by atoms with Crippen LogP contribution in [0.2, 0.25) is 0 Å². The molecule has 0 saturated carbocycles. The van der Waals surface area contributed by atoms with Crippen LogP contribution in [-0.2, 0) is 14.3 Å². The SMILES string of the molecule is CCOC(=O)C(N)C(=O)Nc1cc(F)c(F)cc1F. The number of nitrogens with two attached hydrogens (primary N) is 1. The lowest BCUT2D eigenvalue weighted by Gasteiger charge is -2.11. The highest BCUT2D eigenvalue weighted by atomic mass is 19.2. The van der Waals surface area contributed by atoms with Gasteiger partial charge in [0.25, 0.3) is 5.91 Å². The van der Waals surface area contributed by atoms with Crippen molar-refractivity contribution in [1.82, 2.24) is 0 Å². The quantitative estimate of drug-likeness (QED) is 0.487. The van der Waals surface area contributed by atoms with Crippen molar-refractivity contribution < 1.29 is 27.5 Å². The van der Waals surface area contributed by atoms with E-state index in [0.717, 1.165) is 0 Å². The van der Waals surface area contributed by atoms with Gasteiger partial charge in [-0.05, 0) is 6.92 Å². The molecule has 0 spiro atoms. The summed E-state index contributed by atoms with van der Waals surface area (Å²) in [7, 11) is 0. The third-order valence-corrected chi connectivity index (χ3v) is 2.09. The average molecular weight is 276 g/mol. The van der Waals surface area contributed by atoms with Gasteiger partial charge < -0.3 is 15.8 Å². The molecule has 8 heteroatoms. The van der Waals surface area contributed by atoms with Gasteiger partial charge in [0, 0.05) is 12.1 Å². The molecule has 0 aliphatic carbocycles. The van der Waals surface area contributed by atoms with Crippen LogP contribution in [0.3, 0.4) is 0 Å². The molecule has 1 rings (SSSR count). The minimum Gasteiger partial charge on any atom is -0.464 e. The molecule has 19 heavy (non-hydrogen) atoms. The number of halogens is 3. The molecule has 0 aromatic heterocycles. The Morgan fingerprint density at radius 3 is 2.42 bits per heavy atom. The number of benzene rings is 1. The number of anilines is 1. The summed E-state index contributed by atoms with van der Waals surface area (Å²) in [5, 5.41) is 1.87. The summed E-state index contributed by atoms with van der Waals surface area (Å²) in [5.41, 5.74) is 4.61. The van der Waals surface area contributed by atoms with E-state index in [-0.39, 0.29) is 12.7 Å². The predicted molar refractivity (Wildman–Crippen MR) is 59.6 cm³/mol. The number of carbonyl (C=O) groups is 2. The number of amides is 1. The number of nitrogens with one attached hydrogen (secondary N) is 1. The molecule has 1 aromatic carbocycles. The molecule has 0 saturated heterocycles. The molecule has 0 fully saturated rings. The van der Waals surface area contributed by atoms with E-state index in [4.69, 9.17) is 5.73 Å². The Kier molecular flexibility index (Phi) is 4.87. The molecular weight excluding hydrogens is 265 g/mol. The molecule has 0 aliphatic rings. The molecule has 3 N–H and O–H groups in total. The van der Waals surface area contributed by atoms with E-state index in [9.17, 15) is 22.8 Å². The van der Waals surface area contributed by atoms with Gasteiger partial charge in [-0.25, -0.2) is 18.0 Å². The summed E-state index contributed by atoms with van der Waals surface area (Å²) in [6.45, 7) is 1.52. The Hall–Kier alpha value is -2.09. The van der Waals surface area contributed by atoms with Gasteiger partial charge in [-0.2, -0.15) is 0 Å². The number of ether oxygens (including phenoxy) is 1. The molecule has 1 unspecified atom stereocenters. The first kappa shape index (κ1) is 15.0. The van der Waals surface area contributed by atoms with E-state index >= 15 is 0 Å². The fourth-order valence-electron chi connectivity index (χ4n) is 1.17. The van der Waals surface area contributed by atoms with Crippen LogP contribution < -0.4 is 11.1 Å². The second kappa shape index (κ2) is 6.19. The van der Waals surface area contributed by atoms with Crippen LogP contribution in [0, 0.1) is 17.5 Å². The van der Waals surface area contributed by atoms with Crippen LogP contribution in [0.15, 0.2) is 12.1 Å². The normalized spacial score (nSPS) is 11.8. The number of hydrogen-bond acceptors (Lipinski definition) is 4. The molecule has 0 aliphatic heterocycles. The van der Waals surface area contributed by atoms with Crippen molar-refractivity contribution in [1.29, 1.82) is 0 Å². The molecule has 1 amide bonds. The zero-order chi connectivity index (χ0) is 14.6. The minimum atomic E-state index is -1.69. The van der Waals surface area contributed by atoms with Crippen LogP contribution in [0.5, 0.6) is 0 Å². The van der Waals surface area contributed by atoms with Crippen molar-refractivity contribution in [2.24, 2.45) is 5.73 Å². The van der Waals surface area contributed by atoms with Gasteiger partial charge in [0.15, 0.2) is 17.7 Å². The van der Waals surface area contributed by atoms with Crippen LogP contribution >= 0.6 is 0 Å². The Labute approximate surface area is 106 Å². The summed E-state index contributed by atoms with van der Waals surface area (Å²) in [6, 6.07) is -0.978. The van der Waals surface area contributed by atoms with Gasteiger partial charge in [-0.3, -0.25) is 4.79 Å². The van der Waals surface area contributed by atoms with Gasteiger partial charge in [-0.15, -0.1) is 0 Å². The summed E-state index contributed by atoms with van der Waals surface area (Å²) in [6.07, 6.45) is 0. The molecule has 0 radical (unpaired) electrons. The smallest absolute Gasteiger partial charge is 0.332 e. The fourth-order valence-corrected chi connectivity index (χ4v) is 1.17. The van der Waals surface area contributed by atoms with Crippen LogP contribution in [0.4, 0.5) is 18.9 Å². The van der Waals surface area contributed by atoms with Gasteiger partial charge in [0.05, 0.1) is 12.3 Å². The maximum Gasteiger partial charge on any atom is 0.332 e. The van der Waals surface area contributed by atoms with Gasteiger partial charge >= 0.3 is 5.97 Å². The number of carbonyl (C=O) groups excluding carboxylic acids is 2. The Balaban J connectivity index is 2.82. The summed E-state index contributed by atoms with van der Waals surface area (Å²) in [5.74, 6) is -6.04. The fraction of sp³-hybridized carbons (Fsp3) is 0.273. The topological polar surface area (TPSA) is 81.4 Å². The predicted octanol–water partition coefficient (Wildman–Crippen LogP) is 0.933. The third-order valence-electron chi connectivity index (χ3n) is 2.09. The minimum absolute atomic E-state index is 0.0132. The molecule has 104 valence electrons. The van der Waals surface area contributed by atoms with E-state index in [0.29, 0.717) is 6.07 Å². The highest BCUT2D eigenvalue weighted by molar-refractivity contribution is 6.08. The van der Waals surface area contributed by atoms with Crippen LogP contribution in [0.25, 0.3) is 0 Å². The maximum absolute atomic E-state index is 13.2. The second-order valence-electron chi connectivity index (χ2n) is 3.47. The molecule has 5 nitrogen and oxygen atoms in total. The van der Waals surface area contributed by atoms with E-state index in [1.165, 1.54) is 6.92 Å². The van der Waals surface area contributed by atoms with E-state index in [1.54, 1.807) is 0 Å². The number of esters is 1. The zero-order valence-electron chi connectivity index (χ0n) is 9.88. The molecule has 1 atom stereocenters.